The number of nitro groups is 1. The first-order valence-corrected chi connectivity index (χ1v) is 9.31. The van der Waals surface area contributed by atoms with E-state index in [1.807, 2.05) is 0 Å². The highest BCUT2D eigenvalue weighted by Crippen LogP contribution is 2.32. The molecule has 3 aromatic rings. The molecule has 9 nitrogen and oxygen atoms in total. The van der Waals surface area contributed by atoms with Gasteiger partial charge in [-0.3, -0.25) is 19.5 Å². The molecule has 0 bridgehead atoms. The van der Waals surface area contributed by atoms with Gasteiger partial charge in [0.05, 0.1) is 4.92 Å². The molecule has 3 N–H and O–H groups in total. The molecule has 0 unspecified atom stereocenters. The maximum absolute atomic E-state index is 12.4. The fraction of sp³-hybridized carbons (Fsp3) is 0.0556. The molecule has 1 amide bonds. The number of phenolic OH excluding ortho intramolecular Hbond substituents is 1. The van der Waals surface area contributed by atoms with Crippen LogP contribution in [0.1, 0.15) is 15.9 Å². The van der Waals surface area contributed by atoms with Crippen LogP contribution in [0.5, 0.6) is 5.75 Å². The van der Waals surface area contributed by atoms with Crippen LogP contribution >= 0.6 is 0 Å². The number of anilines is 1. The lowest BCUT2D eigenvalue weighted by molar-refractivity contribution is -0.385. The molecule has 3 rings (SSSR count). The minimum absolute atomic E-state index is 0.0279. The molecule has 28 heavy (non-hydrogen) atoms. The lowest BCUT2D eigenvalue weighted by Crippen LogP contribution is -2.12. The third kappa shape index (κ3) is 3.63. The van der Waals surface area contributed by atoms with Crippen LogP contribution in [0.25, 0.3) is 10.8 Å². The largest absolute Gasteiger partial charge is 0.507 e. The van der Waals surface area contributed by atoms with E-state index in [1.54, 1.807) is 0 Å². The highest BCUT2D eigenvalue weighted by atomic mass is 32.2. The summed E-state index contributed by atoms with van der Waals surface area (Å²) < 4.78 is 32.5. The minimum atomic E-state index is -4.55. The normalized spacial score (nSPS) is 11.4. The summed E-state index contributed by atoms with van der Waals surface area (Å²) in [6.07, 6.45) is 0. The predicted octanol–water partition coefficient (Wildman–Crippen LogP) is 3.26. The van der Waals surface area contributed by atoms with Gasteiger partial charge in [-0.25, -0.2) is 0 Å². The summed E-state index contributed by atoms with van der Waals surface area (Å²) in [5, 5.41) is 23.5. The first kappa shape index (κ1) is 19.3. The van der Waals surface area contributed by atoms with Gasteiger partial charge in [-0.2, -0.15) is 8.42 Å². The highest BCUT2D eigenvalue weighted by Gasteiger charge is 2.18. The van der Waals surface area contributed by atoms with Crippen molar-refractivity contribution in [2.45, 2.75) is 11.8 Å². The maximum Gasteiger partial charge on any atom is 0.295 e. The Bertz CT molecular complexity index is 1240. The molecule has 0 heterocycles. The van der Waals surface area contributed by atoms with E-state index in [2.05, 4.69) is 5.32 Å². The van der Waals surface area contributed by atoms with Crippen LogP contribution in [0.3, 0.4) is 0 Å². The Morgan fingerprint density at radius 2 is 1.79 bits per heavy atom. The van der Waals surface area contributed by atoms with Crippen molar-refractivity contribution >= 4 is 38.2 Å². The first-order chi connectivity index (χ1) is 13.1. The topological polar surface area (TPSA) is 147 Å². The fourth-order valence-corrected chi connectivity index (χ4v) is 3.50. The van der Waals surface area contributed by atoms with Gasteiger partial charge in [-0.1, -0.05) is 0 Å². The summed E-state index contributed by atoms with van der Waals surface area (Å²) >= 11 is 0. The molecule has 144 valence electrons. The molecule has 10 heteroatoms. The Hall–Kier alpha value is -3.50. The zero-order valence-electron chi connectivity index (χ0n) is 14.4. The lowest BCUT2D eigenvalue weighted by Gasteiger charge is -2.10. The molecule has 0 aliphatic rings. The zero-order chi connectivity index (χ0) is 20.6. The third-order valence-electron chi connectivity index (χ3n) is 4.15. The second-order valence-electron chi connectivity index (χ2n) is 6.03. The second kappa shape index (κ2) is 6.91. The Labute approximate surface area is 159 Å². The van der Waals surface area contributed by atoms with Crippen LogP contribution in [0, 0.1) is 17.0 Å². The molecule has 0 aromatic heterocycles. The molecular formula is C18H14N2O7S. The van der Waals surface area contributed by atoms with E-state index in [9.17, 15) is 33.0 Å². The fourth-order valence-electron chi connectivity index (χ4n) is 2.81. The number of hydrogen-bond donors (Lipinski definition) is 3. The van der Waals surface area contributed by atoms with Crippen LogP contribution in [0.4, 0.5) is 11.4 Å². The van der Waals surface area contributed by atoms with E-state index in [-0.39, 0.29) is 33.5 Å². The van der Waals surface area contributed by atoms with Gasteiger partial charge in [0.25, 0.3) is 21.7 Å². The van der Waals surface area contributed by atoms with Crippen molar-refractivity contribution in [1.29, 1.82) is 0 Å². The van der Waals surface area contributed by atoms with Crippen molar-refractivity contribution in [3.8, 4) is 5.75 Å². The average Bonchev–Trinajstić information content (AvgIpc) is 2.60. The van der Waals surface area contributed by atoms with Crippen molar-refractivity contribution in [1.82, 2.24) is 0 Å². The monoisotopic (exact) mass is 402 g/mol. The zero-order valence-corrected chi connectivity index (χ0v) is 15.2. The molecule has 0 saturated heterocycles. The number of phenols is 1. The van der Waals surface area contributed by atoms with E-state index in [4.69, 9.17) is 0 Å². The van der Waals surface area contributed by atoms with E-state index in [0.717, 1.165) is 12.1 Å². The molecule has 0 aliphatic carbocycles. The van der Waals surface area contributed by atoms with Gasteiger partial charge in [-0.05, 0) is 49.4 Å². The SMILES string of the molecule is Cc1cc(C(=O)Nc2ccc3c(O)ccc(S(=O)(=O)O)c3c2)ccc1[N+](=O)[O-]. The number of hydrogen-bond acceptors (Lipinski definition) is 6. The summed E-state index contributed by atoms with van der Waals surface area (Å²) in [5.41, 5.74) is 0.586. The van der Waals surface area contributed by atoms with Gasteiger partial charge in [0.1, 0.15) is 10.6 Å². The number of benzene rings is 3. The number of nitro benzene ring substituents is 1. The molecule has 0 fully saturated rings. The molecule has 3 aromatic carbocycles. The van der Waals surface area contributed by atoms with Crippen molar-refractivity contribution in [3.05, 3.63) is 69.8 Å². The van der Waals surface area contributed by atoms with Gasteiger partial charge in [-0.15, -0.1) is 0 Å². The molecule has 0 saturated carbocycles. The van der Waals surface area contributed by atoms with E-state index in [0.29, 0.717) is 5.56 Å². The lowest BCUT2D eigenvalue weighted by atomic mass is 10.1. The summed E-state index contributed by atoms with van der Waals surface area (Å²) in [6.45, 7) is 1.51. The molecule has 0 radical (unpaired) electrons. The highest BCUT2D eigenvalue weighted by molar-refractivity contribution is 7.86. The van der Waals surface area contributed by atoms with Crippen molar-refractivity contribution < 1.29 is 27.8 Å². The smallest absolute Gasteiger partial charge is 0.295 e. The van der Waals surface area contributed by atoms with E-state index in [1.165, 1.54) is 43.3 Å². The van der Waals surface area contributed by atoms with E-state index >= 15 is 0 Å². The van der Waals surface area contributed by atoms with Crippen molar-refractivity contribution in [2.75, 3.05) is 5.32 Å². The average molecular weight is 402 g/mol. The van der Waals surface area contributed by atoms with Gasteiger partial charge < -0.3 is 10.4 Å². The van der Waals surface area contributed by atoms with Gasteiger partial charge >= 0.3 is 0 Å². The van der Waals surface area contributed by atoms with Crippen molar-refractivity contribution in [3.63, 3.8) is 0 Å². The van der Waals surface area contributed by atoms with Crippen molar-refractivity contribution in [2.24, 2.45) is 0 Å². The third-order valence-corrected chi connectivity index (χ3v) is 5.06. The number of amides is 1. The van der Waals surface area contributed by atoms with Crippen LogP contribution in [-0.4, -0.2) is 28.9 Å². The van der Waals surface area contributed by atoms with Gasteiger partial charge in [0.2, 0.25) is 0 Å². The number of fused-ring (bicyclic) bond motifs is 1. The second-order valence-corrected chi connectivity index (χ2v) is 7.42. The molecule has 0 atom stereocenters. The van der Waals surface area contributed by atoms with Gasteiger partial charge in [0.15, 0.2) is 0 Å². The summed E-state index contributed by atoms with van der Waals surface area (Å²) in [6, 6.07) is 10.2. The molecule has 0 aliphatic heterocycles. The van der Waals surface area contributed by atoms with E-state index < -0.39 is 25.8 Å². The number of aryl methyl sites for hydroxylation is 1. The summed E-state index contributed by atoms with van der Waals surface area (Å²) in [5.74, 6) is -0.753. The molecular weight excluding hydrogens is 388 g/mol. The number of carbonyl (C=O) groups is 1. The number of nitrogens with one attached hydrogen (secondary N) is 1. The van der Waals surface area contributed by atoms with Crippen LogP contribution in [0.2, 0.25) is 0 Å². The summed E-state index contributed by atoms with van der Waals surface area (Å²) in [4.78, 5) is 22.3. The standard InChI is InChI=1S/C18H14N2O7S/c1-10-8-11(2-5-15(10)20(23)24)18(22)19-12-3-4-13-14(9-12)17(28(25,26)27)7-6-16(13)21/h2-9,21H,1H3,(H,19,22)(H,25,26,27). The predicted molar refractivity (Wildman–Crippen MR) is 101 cm³/mol. The quantitative estimate of drug-likeness (QED) is 0.345. The minimum Gasteiger partial charge on any atom is -0.507 e. The van der Waals surface area contributed by atoms with Crippen LogP contribution in [-0.2, 0) is 10.1 Å². The van der Waals surface area contributed by atoms with Crippen LogP contribution in [0.15, 0.2) is 53.4 Å². The Morgan fingerprint density at radius 1 is 1.07 bits per heavy atom. The van der Waals surface area contributed by atoms with Crippen LogP contribution < -0.4 is 5.32 Å². The number of aromatic hydroxyl groups is 1. The first-order valence-electron chi connectivity index (χ1n) is 7.87. The molecule has 0 spiro atoms. The maximum atomic E-state index is 12.4. The number of rotatable bonds is 4. The Morgan fingerprint density at radius 3 is 2.39 bits per heavy atom. The Balaban J connectivity index is 2.00. The van der Waals surface area contributed by atoms with Gasteiger partial charge in [0, 0.05) is 33.7 Å². The number of carbonyl (C=O) groups excluding carboxylic acids is 1. The summed E-state index contributed by atoms with van der Waals surface area (Å²) in [7, 11) is -4.55. The number of nitrogens with zero attached hydrogens (tertiary/aromatic N) is 1. The Kier molecular flexibility index (Phi) is 4.75.